The molecule has 96 valence electrons. The molecule has 18 heavy (non-hydrogen) atoms. The van der Waals surface area contributed by atoms with E-state index in [1.807, 2.05) is 19.1 Å². The highest BCUT2D eigenvalue weighted by Crippen LogP contribution is 2.36. The van der Waals surface area contributed by atoms with Crippen molar-refractivity contribution in [3.8, 4) is 17.0 Å². The first-order valence-corrected chi connectivity index (χ1v) is 6.57. The minimum atomic E-state index is 0.567. The molecule has 0 saturated heterocycles. The Hall–Kier alpha value is -1.59. The maximum Gasteiger partial charge on any atom is 0.180 e. The molecule has 1 aromatic heterocycles. The van der Waals surface area contributed by atoms with Gasteiger partial charge in [-0.25, -0.2) is 4.98 Å². The van der Waals surface area contributed by atoms with Crippen molar-refractivity contribution in [1.82, 2.24) is 4.98 Å². The molecule has 1 heterocycles. The first-order valence-electron chi connectivity index (χ1n) is 5.76. The smallest absolute Gasteiger partial charge is 0.180 e. The zero-order valence-corrected chi connectivity index (χ0v) is 11.4. The van der Waals surface area contributed by atoms with Crippen LogP contribution in [-0.4, -0.2) is 18.6 Å². The van der Waals surface area contributed by atoms with E-state index < -0.39 is 0 Å². The van der Waals surface area contributed by atoms with Crippen molar-refractivity contribution in [2.45, 2.75) is 13.3 Å². The minimum absolute atomic E-state index is 0.567. The van der Waals surface area contributed by atoms with E-state index in [-0.39, 0.29) is 0 Å². The van der Waals surface area contributed by atoms with Gasteiger partial charge in [-0.05, 0) is 32.0 Å². The summed E-state index contributed by atoms with van der Waals surface area (Å²) in [6, 6.07) is 6.03. The Labute approximate surface area is 111 Å². The molecule has 0 spiro atoms. The highest BCUT2D eigenvalue weighted by Gasteiger charge is 2.15. The van der Waals surface area contributed by atoms with Crippen LogP contribution < -0.4 is 16.2 Å². The van der Waals surface area contributed by atoms with Gasteiger partial charge in [0.1, 0.15) is 5.75 Å². The number of thiazole rings is 1. The highest BCUT2D eigenvalue weighted by atomic mass is 32.1. The first kappa shape index (κ1) is 12.9. The predicted octanol–water partition coefficient (Wildman–Crippen LogP) is 2.21. The molecule has 0 amide bonds. The van der Waals surface area contributed by atoms with Crippen LogP contribution in [0.4, 0.5) is 5.13 Å². The fourth-order valence-electron chi connectivity index (χ4n) is 1.89. The topological polar surface area (TPSA) is 74.2 Å². The molecule has 0 fully saturated rings. The Bertz CT molecular complexity index is 551. The van der Waals surface area contributed by atoms with Crippen LogP contribution >= 0.6 is 11.3 Å². The molecule has 4 nitrogen and oxygen atoms in total. The van der Waals surface area contributed by atoms with Crippen LogP contribution in [0, 0.1) is 6.92 Å². The van der Waals surface area contributed by atoms with Crippen LogP contribution in [0.1, 0.15) is 10.4 Å². The third kappa shape index (κ3) is 2.47. The van der Waals surface area contributed by atoms with E-state index in [9.17, 15) is 0 Å². The molecule has 4 N–H and O–H groups in total. The van der Waals surface area contributed by atoms with E-state index in [0.29, 0.717) is 11.7 Å². The lowest BCUT2D eigenvalue weighted by molar-refractivity contribution is 0.416. The molecule has 2 aromatic rings. The van der Waals surface area contributed by atoms with Crippen LogP contribution in [0.2, 0.25) is 0 Å². The van der Waals surface area contributed by atoms with Gasteiger partial charge in [0.25, 0.3) is 0 Å². The highest BCUT2D eigenvalue weighted by molar-refractivity contribution is 7.15. The summed E-state index contributed by atoms with van der Waals surface area (Å²) in [6.07, 6.45) is 0.779. The molecule has 1 aromatic carbocycles. The van der Waals surface area contributed by atoms with Gasteiger partial charge in [0.15, 0.2) is 5.13 Å². The van der Waals surface area contributed by atoms with E-state index in [4.69, 9.17) is 16.2 Å². The van der Waals surface area contributed by atoms with Crippen molar-refractivity contribution >= 4 is 16.5 Å². The molecule has 0 aliphatic carbocycles. The maximum atomic E-state index is 5.80. The fraction of sp³-hybridized carbons (Fsp3) is 0.308. The molecular formula is C13H17N3OS. The summed E-state index contributed by atoms with van der Waals surface area (Å²) in [5, 5.41) is 0.567. The molecule has 5 heteroatoms. The fourth-order valence-corrected chi connectivity index (χ4v) is 2.75. The lowest BCUT2D eigenvalue weighted by atomic mass is 10.1. The zero-order chi connectivity index (χ0) is 13.1. The Morgan fingerprint density at radius 1 is 1.39 bits per heavy atom. The predicted molar refractivity (Wildman–Crippen MR) is 76.0 cm³/mol. The number of hydrogen-bond donors (Lipinski definition) is 2. The number of ether oxygens (including phenoxy) is 1. The number of hydrogen-bond acceptors (Lipinski definition) is 5. The summed E-state index contributed by atoms with van der Waals surface area (Å²) in [5.41, 5.74) is 14.5. The van der Waals surface area contributed by atoms with E-state index in [1.54, 1.807) is 7.11 Å². The van der Waals surface area contributed by atoms with Crippen molar-refractivity contribution in [3.05, 3.63) is 28.6 Å². The van der Waals surface area contributed by atoms with Gasteiger partial charge in [-0.1, -0.05) is 11.6 Å². The average molecular weight is 263 g/mol. The van der Waals surface area contributed by atoms with Gasteiger partial charge in [-0.15, -0.1) is 11.3 Å². The first-order chi connectivity index (χ1) is 8.65. The number of rotatable bonds is 4. The number of aromatic nitrogens is 1. The summed E-state index contributed by atoms with van der Waals surface area (Å²) < 4.78 is 5.39. The molecule has 0 aliphatic heterocycles. The van der Waals surface area contributed by atoms with Gasteiger partial charge in [-0.2, -0.15) is 0 Å². The molecule has 0 unspecified atom stereocenters. The normalized spacial score (nSPS) is 10.6. The van der Waals surface area contributed by atoms with Crippen molar-refractivity contribution in [2.24, 2.45) is 5.73 Å². The van der Waals surface area contributed by atoms with Crippen LogP contribution in [0.5, 0.6) is 5.75 Å². The molecular weight excluding hydrogens is 246 g/mol. The number of nitrogens with zero attached hydrogens (tertiary/aromatic N) is 1. The van der Waals surface area contributed by atoms with Gasteiger partial charge in [0.2, 0.25) is 0 Å². The van der Waals surface area contributed by atoms with Crippen LogP contribution in [-0.2, 0) is 6.42 Å². The van der Waals surface area contributed by atoms with Crippen LogP contribution in [0.15, 0.2) is 18.2 Å². The second kappa shape index (κ2) is 5.37. The zero-order valence-electron chi connectivity index (χ0n) is 10.6. The molecule has 0 radical (unpaired) electrons. The van der Waals surface area contributed by atoms with E-state index in [2.05, 4.69) is 11.1 Å². The Balaban J connectivity index is 2.56. The number of nitrogen functional groups attached to an aromatic ring is 1. The van der Waals surface area contributed by atoms with Gasteiger partial charge >= 0.3 is 0 Å². The standard InChI is InChI=1S/C13H17N3OS/c1-8-3-4-10(17-2)9(7-8)12-11(5-6-14)18-13(15)16-12/h3-4,7H,5-6,14H2,1-2H3,(H2,15,16). The molecule has 0 aliphatic rings. The maximum absolute atomic E-state index is 5.80. The number of nitrogens with two attached hydrogens (primary N) is 2. The number of benzene rings is 1. The van der Waals surface area contributed by atoms with Gasteiger partial charge in [0, 0.05) is 10.4 Å². The van der Waals surface area contributed by atoms with Crippen molar-refractivity contribution in [2.75, 3.05) is 19.4 Å². The third-order valence-electron chi connectivity index (χ3n) is 2.70. The molecule has 0 bridgehead atoms. The second-order valence-electron chi connectivity index (χ2n) is 4.07. The lowest BCUT2D eigenvalue weighted by Gasteiger charge is -2.09. The number of methoxy groups -OCH3 is 1. The largest absolute Gasteiger partial charge is 0.496 e. The summed E-state index contributed by atoms with van der Waals surface area (Å²) in [5.74, 6) is 0.809. The third-order valence-corrected chi connectivity index (χ3v) is 3.64. The van der Waals surface area contributed by atoms with Crippen molar-refractivity contribution < 1.29 is 4.74 Å². The second-order valence-corrected chi connectivity index (χ2v) is 5.18. The molecule has 0 atom stereocenters. The summed E-state index contributed by atoms with van der Waals surface area (Å²) in [4.78, 5) is 5.52. The Morgan fingerprint density at radius 3 is 2.83 bits per heavy atom. The summed E-state index contributed by atoms with van der Waals surface area (Å²) in [7, 11) is 1.66. The summed E-state index contributed by atoms with van der Waals surface area (Å²) in [6.45, 7) is 2.63. The van der Waals surface area contributed by atoms with E-state index in [0.717, 1.165) is 33.9 Å². The van der Waals surface area contributed by atoms with E-state index >= 15 is 0 Å². The Kier molecular flexibility index (Phi) is 3.84. The van der Waals surface area contributed by atoms with Crippen molar-refractivity contribution in [1.29, 1.82) is 0 Å². The average Bonchev–Trinajstić information content (AvgIpc) is 2.71. The lowest BCUT2D eigenvalue weighted by Crippen LogP contribution is -2.02. The number of aryl methyl sites for hydroxylation is 1. The monoisotopic (exact) mass is 263 g/mol. The van der Waals surface area contributed by atoms with Crippen LogP contribution in [0.3, 0.4) is 0 Å². The van der Waals surface area contributed by atoms with Gasteiger partial charge in [-0.3, -0.25) is 0 Å². The van der Waals surface area contributed by atoms with Crippen molar-refractivity contribution in [3.63, 3.8) is 0 Å². The molecule has 0 saturated carbocycles. The Morgan fingerprint density at radius 2 is 2.17 bits per heavy atom. The minimum Gasteiger partial charge on any atom is -0.496 e. The number of anilines is 1. The quantitative estimate of drug-likeness (QED) is 0.887. The van der Waals surface area contributed by atoms with E-state index in [1.165, 1.54) is 11.3 Å². The van der Waals surface area contributed by atoms with Crippen LogP contribution in [0.25, 0.3) is 11.3 Å². The SMILES string of the molecule is COc1ccc(C)cc1-c1nc(N)sc1CCN. The van der Waals surface area contributed by atoms with Gasteiger partial charge < -0.3 is 16.2 Å². The summed E-state index contributed by atoms with van der Waals surface area (Å²) >= 11 is 1.49. The van der Waals surface area contributed by atoms with Gasteiger partial charge in [0.05, 0.1) is 12.8 Å². The molecule has 2 rings (SSSR count).